The Labute approximate surface area is 180 Å². The van der Waals surface area contributed by atoms with Gasteiger partial charge in [-0.15, -0.1) is 0 Å². The van der Waals surface area contributed by atoms with Crippen LogP contribution in [0.3, 0.4) is 0 Å². The van der Waals surface area contributed by atoms with E-state index in [2.05, 4.69) is 21.2 Å². The van der Waals surface area contributed by atoms with Gasteiger partial charge in [0.1, 0.15) is 6.54 Å². The minimum atomic E-state index is -0.571. The molecule has 0 aliphatic heterocycles. The SMILES string of the molecule is O=C(COC(=O)Cn1c2ccccc2c(=O)c2ccccc21)Nc1cccc(Br)c1. The van der Waals surface area contributed by atoms with Crippen molar-refractivity contribution in [3.63, 3.8) is 0 Å². The van der Waals surface area contributed by atoms with Crippen LogP contribution in [0.15, 0.2) is 82.1 Å². The van der Waals surface area contributed by atoms with Crippen LogP contribution in [0, 0.1) is 0 Å². The van der Waals surface area contributed by atoms with Crippen molar-refractivity contribution in [3.8, 4) is 0 Å². The highest BCUT2D eigenvalue weighted by Crippen LogP contribution is 2.19. The fourth-order valence-corrected chi connectivity index (χ4v) is 3.73. The summed E-state index contributed by atoms with van der Waals surface area (Å²) in [5, 5.41) is 3.72. The highest BCUT2D eigenvalue weighted by atomic mass is 79.9. The molecular formula is C23H17BrN2O4. The van der Waals surface area contributed by atoms with E-state index in [1.807, 2.05) is 18.2 Å². The minimum absolute atomic E-state index is 0.0841. The molecule has 0 aliphatic rings. The topological polar surface area (TPSA) is 77.4 Å². The Morgan fingerprint density at radius 3 is 2.17 bits per heavy atom. The molecule has 0 fully saturated rings. The van der Waals surface area contributed by atoms with Gasteiger partial charge >= 0.3 is 5.97 Å². The van der Waals surface area contributed by atoms with Gasteiger partial charge in [-0.05, 0) is 42.5 Å². The maximum atomic E-state index is 12.8. The lowest BCUT2D eigenvalue weighted by Crippen LogP contribution is -2.24. The number of anilines is 1. The Morgan fingerprint density at radius 1 is 0.900 bits per heavy atom. The normalized spacial score (nSPS) is 10.8. The van der Waals surface area contributed by atoms with Crippen molar-refractivity contribution in [2.24, 2.45) is 0 Å². The summed E-state index contributed by atoms with van der Waals surface area (Å²) in [5.74, 6) is -1.01. The van der Waals surface area contributed by atoms with E-state index in [0.717, 1.165) is 4.47 Å². The fourth-order valence-electron chi connectivity index (χ4n) is 3.33. The Kier molecular flexibility index (Phi) is 5.63. The van der Waals surface area contributed by atoms with Gasteiger partial charge in [0.2, 0.25) is 0 Å². The molecule has 30 heavy (non-hydrogen) atoms. The van der Waals surface area contributed by atoms with Crippen LogP contribution in [0.1, 0.15) is 0 Å². The Hall–Kier alpha value is -3.45. The predicted octanol–water partition coefficient (Wildman–Crippen LogP) is 4.10. The molecule has 0 bridgehead atoms. The number of aromatic nitrogens is 1. The quantitative estimate of drug-likeness (QED) is 0.356. The van der Waals surface area contributed by atoms with Crippen molar-refractivity contribution in [1.82, 2.24) is 4.57 Å². The van der Waals surface area contributed by atoms with Crippen molar-refractivity contribution in [2.75, 3.05) is 11.9 Å². The zero-order valence-corrected chi connectivity index (χ0v) is 17.4. The molecule has 0 radical (unpaired) electrons. The number of amides is 1. The summed E-state index contributed by atoms with van der Waals surface area (Å²) in [6, 6.07) is 21.4. The molecule has 0 saturated carbocycles. The summed E-state index contributed by atoms with van der Waals surface area (Å²) in [4.78, 5) is 37.3. The third kappa shape index (κ3) is 4.11. The van der Waals surface area contributed by atoms with E-state index in [4.69, 9.17) is 4.74 Å². The standard InChI is InChI=1S/C23H17BrN2O4/c24-15-6-5-7-16(12-15)25-21(27)14-30-22(28)13-26-19-10-3-1-8-17(19)23(29)18-9-2-4-11-20(18)26/h1-12H,13-14H2,(H,25,27). The summed E-state index contributed by atoms with van der Waals surface area (Å²) in [6.45, 7) is -0.521. The van der Waals surface area contributed by atoms with Gasteiger partial charge in [0.05, 0.1) is 11.0 Å². The summed E-state index contributed by atoms with van der Waals surface area (Å²) in [6.07, 6.45) is 0. The first kappa shape index (κ1) is 19.8. The number of hydrogen-bond donors (Lipinski definition) is 1. The molecule has 3 aromatic carbocycles. The fraction of sp³-hybridized carbons (Fsp3) is 0.0870. The van der Waals surface area contributed by atoms with Gasteiger partial charge in [-0.25, -0.2) is 0 Å². The number of ether oxygens (including phenoxy) is 1. The van der Waals surface area contributed by atoms with Gasteiger partial charge in [-0.2, -0.15) is 0 Å². The van der Waals surface area contributed by atoms with Gasteiger partial charge in [0, 0.05) is 20.9 Å². The van der Waals surface area contributed by atoms with Gasteiger partial charge in [-0.3, -0.25) is 14.4 Å². The highest BCUT2D eigenvalue weighted by Gasteiger charge is 2.14. The van der Waals surface area contributed by atoms with E-state index in [1.165, 1.54) is 0 Å². The maximum Gasteiger partial charge on any atom is 0.326 e. The van der Waals surface area contributed by atoms with Crippen LogP contribution in [-0.4, -0.2) is 23.1 Å². The predicted molar refractivity (Wildman–Crippen MR) is 119 cm³/mol. The van der Waals surface area contributed by atoms with E-state index in [-0.39, 0.29) is 12.0 Å². The molecule has 4 aromatic rings. The average molecular weight is 465 g/mol. The number of carbonyl (C=O) groups excluding carboxylic acids is 2. The summed E-state index contributed by atoms with van der Waals surface area (Å²) in [7, 11) is 0. The molecule has 1 heterocycles. The van der Waals surface area contributed by atoms with Gasteiger partial charge in [0.15, 0.2) is 12.0 Å². The number of rotatable bonds is 5. The lowest BCUT2D eigenvalue weighted by atomic mass is 10.1. The third-order valence-corrected chi connectivity index (χ3v) is 5.13. The van der Waals surface area contributed by atoms with Crippen LogP contribution < -0.4 is 10.7 Å². The zero-order valence-electron chi connectivity index (χ0n) is 15.8. The van der Waals surface area contributed by atoms with Crippen LogP contribution in [0.4, 0.5) is 5.69 Å². The van der Waals surface area contributed by atoms with Crippen LogP contribution in [0.2, 0.25) is 0 Å². The van der Waals surface area contributed by atoms with E-state index in [0.29, 0.717) is 27.5 Å². The molecule has 0 aliphatic carbocycles. The molecule has 7 heteroatoms. The molecule has 1 amide bonds. The van der Waals surface area contributed by atoms with Gasteiger partial charge in [-0.1, -0.05) is 46.3 Å². The van der Waals surface area contributed by atoms with Gasteiger partial charge in [0.25, 0.3) is 5.91 Å². The molecule has 0 atom stereocenters. The second-order valence-electron chi connectivity index (χ2n) is 6.67. The molecule has 0 saturated heterocycles. The summed E-state index contributed by atoms with van der Waals surface area (Å²) < 4.78 is 7.74. The Morgan fingerprint density at radius 2 is 1.53 bits per heavy atom. The number of fused-ring (bicyclic) bond motifs is 2. The van der Waals surface area contributed by atoms with E-state index < -0.39 is 18.5 Å². The number of nitrogens with zero attached hydrogens (tertiary/aromatic N) is 1. The van der Waals surface area contributed by atoms with Crippen molar-refractivity contribution in [3.05, 3.63) is 87.5 Å². The number of nitrogens with one attached hydrogen (secondary N) is 1. The molecule has 1 aromatic heterocycles. The molecule has 6 nitrogen and oxygen atoms in total. The van der Waals surface area contributed by atoms with Crippen molar-refractivity contribution >= 4 is 55.3 Å². The largest absolute Gasteiger partial charge is 0.454 e. The maximum absolute atomic E-state index is 12.8. The second-order valence-corrected chi connectivity index (χ2v) is 7.58. The van der Waals surface area contributed by atoms with Crippen LogP contribution in [0.5, 0.6) is 0 Å². The average Bonchev–Trinajstić information content (AvgIpc) is 2.75. The summed E-state index contributed by atoms with van der Waals surface area (Å²) in [5.41, 5.74) is 1.79. The third-order valence-electron chi connectivity index (χ3n) is 4.64. The van der Waals surface area contributed by atoms with Crippen LogP contribution in [-0.2, 0) is 20.9 Å². The Balaban J connectivity index is 1.53. The Bertz CT molecular complexity index is 1270. The number of esters is 1. The molecule has 150 valence electrons. The number of hydrogen-bond acceptors (Lipinski definition) is 4. The van der Waals surface area contributed by atoms with Crippen molar-refractivity contribution in [2.45, 2.75) is 6.54 Å². The number of halogens is 1. The zero-order chi connectivity index (χ0) is 21.1. The lowest BCUT2D eigenvalue weighted by molar-refractivity contribution is -0.147. The minimum Gasteiger partial charge on any atom is -0.454 e. The highest BCUT2D eigenvalue weighted by molar-refractivity contribution is 9.10. The van der Waals surface area contributed by atoms with Crippen LogP contribution >= 0.6 is 15.9 Å². The number of carbonyl (C=O) groups is 2. The first-order chi connectivity index (χ1) is 14.5. The second kappa shape index (κ2) is 8.51. The first-order valence-electron chi connectivity index (χ1n) is 9.24. The first-order valence-corrected chi connectivity index (χ1v) is 10.0. The number of para-hydroxylation sites is 2. The smallest absolute Gasteiger partial charge is 0.326 e. The molecule has 1 N–H and O–H groups in total. The molecule has 0 spiro atoms. The monoisotopic (exact) mass is 464 g/mol. The van der Waals surface area contributed by atoms with Crippen molar-refractivity contribution < 1.29 is 14.3 Å². The van der Waals surface area contributed by atoms with Gasteiger partial charge < -0.3 is 14.6 Å². The lowest BCUT2D eigenvalue weighted by Gasteiger charge is -2.14. The van der Waals surface area contributed by atoms with Crippen molar-refractivity contribution in [1.29, 1.82) is 0 Å². The molecule has 4 rings (SSSR count). The number of benzene rings is 3. The van der Waals surface area contributed by atoms with E-state index in [1.54, 1.807) is 59.2 Å². The van der Waals surface area contributed by atoms with E-state index >= 15 is 0 Å². The van der Waals surface area contributed by atoms with E-state index in [9.17, 15) is 14.4 Å². The number of pyridine rings is 1. The van der Waals surface area contributed by atoms with Crippen LogP contribution in [0.25, 0.3) is 21.8 Å². The summed E-state index contributed by atoms with van der Waals surface area (Å²) >= 11 is 3.33. The molecule has 0 unspecified atom stereocenters. The molecular weight excluding hydrogens is 448 g/mol.